The molecule has 2 rings (SSSR count). The lowest BCUT2D eigenvalue weighted by atomic mass is 10.2. The molecule has 0 aromatic heterocycles. The van der Waals surface area contributed by atoms with Gasteiger partial charge in [-0.15, -0.1) is 0 Å². The van der Waals surface area contributed by atoms with Crippen molar-refractivity contribution in [2.45, 2.75) is 0 Å². The predicted octanol–water partition coefficient (Wildman–Crippen LogP) is 3.26. The Labute approximate surface area is 116 Å². The molecule has 0 atom stereocenters. The molecule has 0 fully saturated rings. The summed E-state index contributed by atoms with van der Waals surface area (Å²) in [4.78, 5) is 21.4. The smallest absolute Gasteiger partial charge is 0.272 e. The fraction of sp³-hybridized carbons (Fsp3) is 0. The van der Waals surface area contributed by atoms with Crippen LogP contribution in [0.15, 0.2) is 36.4 Å². The minimum absolute atomic E-state index is 0.380. The highest BCUT2D eigenvalue weighted by atomic mass is 19.2. The van der Waals surface area contributed by atoms with Gasteiger partial charge < -0.3 is 5.32 Å². The van der Waals surface area contributed by atoms with Gasteiger partial charge in [0.25, 0.3) is 11.6 Å². The average Bonchev–Trinajstić information content (AvgIpc) is 2.43. The first-order valence-electron chi connectivity index (χ1n) is 5.59. The van der Waals surface area contributed by atoms with Gasteiger partial charge in [0.2, 0.25) is 0 Å². The third-order valence-electron chi connectivity index (χ3n) is 2.61. The molecule has 0 spiro atoms. The van der Waals surface area contributed by atoms with E-state index in [4.69, 9.17) is 0 Å². The zero-order valence-electron chi connectivity index (χ0n) is 10.3. The van der Waals surface area contributed by atoms with E-state index in [0.717, 1.165) is 30.3 Å². The van der Waals surface area contributed by atoms with Crippen LogP contribution >= 0.6 is 0 Å². The SMILES string of the molecule is O=C(Nc1ccc([N+](=O)[O-])cc1F)c1cccc(F)c1F. The Hall–Kier alpha value is -2.90. The molecular formula is C13H7F3N2O3. The zero-order chi connectivity index (χ0) is 15.6. The summed E-state index contributed by atoms with van der Waals surface area (Å²) >= 11 is 0. The topological polar surface area (TPSA) is 72.2 Å². The maximum atomic E-state index is 13.6. The van der Waals surface area contributed by atoms with Crippen LogP contribution in [0.25, 0.3) is 0 Å². The van der Waals surface area contributed by atoms with Crippen LogP contribution in [0.4, 0.5) is 24.5 Å². The molecule has 1 N–H and O–H groups in total. The van der Waals surface area contributed by atoms with Gasteiger partial charge in [0.15, 0.2) is 17.5 Å². The molecule has 0 aliphatic rings. The molecule has 0 heterocycles. The molecule has 0 saturated carbocycles. The van der Waals surface area contributed by atoms with Crippen LogP contribution in [0.1, 0.15) is 10.4 Å². The Morgan fingerprint density at radius 3 is 2.43 bits per heavy atom. The summed E-state index contributed by atoms with van der Waals surface area (Å²) in [6, 6.07) is 5.52. The van der Waals surface area contributed by atoms with Gasteiger partial charge in [0, 0.05) is 6.07 Å². The van der Waals surface area contributed by atoms with E-state index in [1.807, 2.05) is 5.32 Å². The van der Waals surface area contributed by atoms with E-state index < -0.39 is 39.5 Å². The Bertz CT molecular complexity index is 735. The summed E-state index contributed by atoms with van der Waals surface area (Å²) in [5.74, 6) is -4.71. The number of hydrogen-bond donors (Lipinski definition) is 1. The number of non-ortho nitro benzene ring substituents is 1. The molecule has 0 unspecified atom stereocenters. The van der Waals surface area contributed by atoms with E-state index in [1.54, 1.807) is 0 Å². The number of rotatable bonds is 3. The van der Waals surface area contributed by atoms with Crippen LogP contribution in [-0.4, -0.2) is 10.8 Å². The maximum Gasteiger partial charge on any atom is 0.272 e. The molecule has 8 heteroatoms. The molecule has 0 saturated heterocycles. The van der Waals surface area contributed by atoms with E-state index in [2.05, 4.69) is 0 Å². The van der Waals surface area contributed by atoms with Crippen molar-refractivity contribution in [3.05, 3.63) is 69.5 Å². The number of nitro benzene ring substituents is 1. The third-order valence-corrected chi connectivity index (χ3v) is 2.61. The molecule has 21 heavy (non-hydrogen) atoms. The van der Waals surface area contributed by atoms with E-state index in [1.165, 1.54) is 0 Å². The van der Waals surface area contributed by atoms with Gasteiger partial charge in [-0.3, -0.25) is 14.9 Å². The molecule has 1 amide bonds. The van der Waals surface area contributed by atoms with Crippen molar-refractivity contribution in [1.82, 2.24) is 0 Å². The summed E-state index contributed by atoms with van der Waals surface area (Å²) in [5, 5.41) is 12.5. The van der Waals surface area contributed by atoms with Gasteiger partial charge in [-0.05, 0) is 18.2 Å². The fourth-order valence-corrected chi connectivity index (χ4v) is 1.59. The minimum atomic E-state index is -1.36. The number of carbonyl (C=O) groups is 1. The van der Waals surface area contributed by atoms with Gasteiger partial charge >= 0.3 is 0 Å². The summed E-state index contributed by atoms with van der Waals surface area (Å²) in [5.41, 5.74) is -1.48. The molecule has 0 bridgehead atoms. The van der Waals surface area contributed by atoms with Gasteiger partial charge in [-0.2, -0.15) is 0 Å². The second-order valence-electron chi connectivity index (χ2n) is 3.98. The predicted molar refractivity (Wildman–Crippen MR) is 67.4 cm³/mol. The van der Waals surface area contributed by atoms with Gasteiger partial charge in [0.1, 0.15) is 0 Å². The third kappa shape index (κ3) is 2.99. The number of halogens is 3. The molecule has 2 aromatic carbocycles. The normalized spacial score (nSPS) is 10.2. The Morgan fingerprint density at radius 1 is 1.10 bits per heavy atom. The largest absolute Gasteiger partial charge is 0.319 e. The molecule has 108 valence electrons. The van der Waals surface area contributed by atoms with Crippen molar-refractivity contribution < 1.29 is 22.9 Å². The summed E-state index contributed by atoms with van der Waals surface area (Å²) in [7, 11) is 0. The monoisotopic (exact) mass is 296 g/mol. The first-order chi connectivity index (χ1) is 9.90. The van der Waals surface area contributed by atoms with E-state index in [9.17, 15) is 28.1 Å². The first-order valence-corrected chi connectivity index (χ1v) is 5.59. The second kappa shape index (κ2) is 5.61. The van der Waals surface area contributed by atoms with Crippen LogP contribution < -0.4 is 5.32 Å². The number of carbonyl (C=O) groups excluding carboxylic acids is 1. The summed E-state index contributed by atoms with van der Waals surface area (Å²) in [6.07, 6.45) is 0. The Morgan fingerprint density at radius 2 is 1.81 bits per heavy atom. The highest BCUT2D eigenvalue weighted by molar-refractivity contribution is 6.04. The van der Waals surface area contributed by atoms with Crippen LogP contribution in [0.2, 0.25) is 0 Å². The van der Waals surface area contributed by atoms with E-state index >= 15 is 0 Å². The first kappa shape index (κ1) is 14.5. The van der Waals surface area contributed by atoms with Crippen molar-refractivity contribution in [2.24, 2.45) is 0 Å². The van der Waals surface area contributed by atoms with Crippen molar-refractivity contribution in [3.63, 3.8) is 0 Å². The van der Waals surface area contributed by atoms with E-state index in [0.29, 0.717) is 6.07 Å². The number of anilines is 1. The van der Waals surface area contributed by atoms with E-state index in [-0.39, 0.29) is 5.69 Å². The number of nitrogens with one attached hydrogen (secondary N) is 1. The van der Waals surface area contributed by atoms with Crippen LogP contribution in [0, 0.1) is 27.6 Å². The van der Waals surface area contributed by atoms with Crippen LogP contribution in [0.3, 0.4) is 0 Å². The van der Waals surface area contributed by atoms with Crippen molar-refractivity contribution in [1.29, 1.82) is 0 Å². The Kier molecular flexibility index (Phi) is 3.88. The molecule has 2 aromatic rings. The number of hydrogen-bond acceptors (Lipinski definition) is 3. The van der Waals surface area contributed by atoms with Gasteiger partial charge in [0.05, 0.1) is 22.2 Å². The van der Waals surface area contributed by atoms with Crippen molar-refractivity contribution >= 4 is 17.3 Å². The Balaban J connectivity index is 2.28. The van der Waals surface area contributed by atoms with Crippen molar-refractivity contribution in [3.8, 4) is 0 Å². The lowest BCUT2D eigenvalue weighted by Crippen LogP contribution is -2.15. The molecule has 0 aliphatic heterocycles. The molecule has 0 aliphatic carbocycles. The zero-order valence-corrected chi connectivity index (χ0v) is 10.3. The van der Waals surface area contributed by atoms with Gasteiger partial charge in [-0.1, -0.05) is 6.07 Å². The maximum absolute atomic E-state index is 13.6. The lowest BCUT2D eigenvalue weighted by molar-refractivity contribution is -0.385. The van der Waals surface area contributed by atoms with Crippen LogP contribution in [0.5, 0.6) is 0 Å². The number of benzene rings is 2. The number of nitro groups is 1. The lowest BCUT2D eigenvalue weighted by Gasteiger charge is -2.07. The standard InChI is InChI=1S/C13H7F3N2O3/c14-9-3-1-2-8(12(9)16)13(19)17-11-5-4-7(18(20)21)6-10(11)15/h1-6H,(H,17,19). The molecule has 0 radical (unpaired) electrons. The average molecular weight is 296 g/mol. The molecular weight excluding hydrogens is 289 g/mol. The molecule has 5 nitrogen and oxygen atoms in total. The highest BCUT2D eigenvalue weighted by Gasteiger charge is 2.17. The van der Waals surface area contributed by atoms with Crippen molar-refractivity contribution in [2.75, 3.05) is 5.32 Å². The van der Waals surface area contributed by atoms with Crippen LogP contribution in [-0.2, 0) is 0 Å². The highest BCUT2D eigenvalue weighted by Crippen LogP contribution is 2.21. The fourth-order valence-electron chi connectivity index (χ4n) is 1.59. The minimum Gasteiger partial charge on any atom is -0.319 e. The summed E-state index contributed by atoms with van der Waals surface area (Å²) < 4.78 is 40.0. The number of amides is 1. The van der Waals surface area contributed by atoms with Gasteiger partial charge in [-0.25, -0.2) is 13.2 Å². The number of nitrogens with zero attached hydrogens (tertiary/aromatic N) is 1. The summed E-state index contributed by atoms with van der Waals surface area (Å²) in [6.45, 7) is 0. The second-order valence-corrected chi connectivity index (χ2v) is 3.98. The quantitative estimate of drug-likeness (QED) is 0.698.